The van der Waals surface area contributed by atoms with Crippen molar-refractivity contribution in [3.8, 4) is 0 Å². The second kappa shape index (κ2) is 7.33. The smallest absolute Gasteiger partial charge is 0.0414 e. The van der Waals surface area contributed by atoms with Crippen molar-refractivity contribution in [2.45, 2.75) is 33.2 Å². The van der Waals surface area contributed by atoms with Crippen molar-refractivity contribution in [1.82, 2.24) is 4.90 Å². The van der Waals surface area contributed by atoms with Gasteiger partial charge in [-0.15, -0.1) is 0 Å². The molecule has 1 heterocycles. The Balaban J connectivity index is 0.000000686. The van der Waals surface area contributed by atoms with Crippen molar-refractivity contribution in [2.75, 3.05) is 31.6 Å². The summed E-state index contributed by atoms with van der Waals surface area (Å²) in [5.41, 5.74) is 1.37. The summed E-state index contributed by atoms with van der Waals surface area (Å²) in [6.07, 6.45) is 1.22. The summed E-state index contributed by atoms with van der Waals surface area (Å²) in [5, 5.41) is 0. The van der Waals surface area contributed by atoms with E-state index < -0.39 is 0 Å². The molecule has 0 aromatic heterocycles. The minimum atomic E-state index is 0.672. The van der Waals surface area contributed by atoms with E-state index in [9.17, 15) is 0 Å². The van der Waals surface area contributed by atoms with Crippen LogP contribution >= 0.6 is 0 Å². The number of hydrogen-bond donors (Lipinski definition) is 0. The van der Waals surface area contributed by atoms with Gasteiger partial charge >= 0.3 is 0 Å². The van der Waals surface area contributed by atoms with Gasteiger partial charge in [-0.3, -0.25) is 0 Å². The lowest BCUT2D eigenvalue weighted by molar-refractivity contribution is 0.264. The van der Waals surface area contributed by atoms with E-state index >= 15 is 0 Å². The van der Waals surface area contributed by atoms with Gasteiger partial charge in [-0.05, 0) is 25.6 Å². The fourth-order valence-electron chi connectivity index (χ4n) is 2.32. The first-order chi connectivity index (χ1) is 8.31. The van der Waals surface area contributed by atoms with Crippen molar-refractivity contribution in [3.63, 3.8) is 0 Å². The predicted octanol–water partition coefficient (Wildman–Crippen LogP) is 3.24. The van der Waals surface area contributed by atoms with E-state index in [0.717, 1.165) is 6.54 Å². The molecule has 17 heavy (non-hydrogen) atoms. The van der Waals surface area contributed by atoms with E-state index in [1.54, 1.807) is 0 Å². The van der Waals surface area contributed by atoms with Gasteiger partial charge in [0.05, 0.1) is 0 Å². The molecular weight excluding hydrogens is 208 g/mol. The highest BCUT2D eigenvalue weighted by Crippen LogP contribution is 2.21. The maximum absolute atomic E-state index is 2.54. The van der Waals surface area contributed by atoms with E-state index in [1.807, 2.05) is 13.8 Å². The summed E-state index contributed by atoms with van der Waals surface area (Å²) >= 11 is 0. The molecule has 1 aliphatic rings. The van der Waals surface area contributed by atoms with Crippen molar-refractivity contribution in [1.29, 1.82) is 0 Å². The molecule has 0 aliphatic carbocycles. The molecule has 1 saturated heterocycles. The first kappa shape index (κ1) is 14.0. The van der Waals surface area contributed by atoms with Crippen molar-refractivity contribution >= 4 is 5.69 Å². The van der Waals surface area contributed by atoms with Crippen LogP contribution in [0, 0.1) is 0 Å². The van der Waals surface area contributed by atoms with Crippen LogP contribution in [0.15, 0.2) is 30.3 Å². The van der Waals surface area contributed by atoms with Gasteiger partial charge in [0, 0.05) is 31.4 Å². The third-order valence-corrected chi connectivity index (χ3v) is 3.24. The van der Waals surface area contributed by atoms with Gasteiger partial charge in [0.15, 0.2) is 0 Å². The third kappa shape index (κ3) is 3.74. The van der Waals surface area contributed by atoms with Gasteiger partial charge in [0.1, 0.15) is 0 Å². The van der Waals surface area contributed by atoms with E-state index in [-0.39, 0.29) is 0 Å². The molecule has 96 valence electrons. The average Bonchev–Trinajstić information content (AvgIpc) is 2.42. The van der Waals surface area contributed by atoms with Gasteiger partial charge in [0.2, 0.25) is 0 Å². The van der Waals surface area contributed by atoms with Gasteiger partial charge in [-0.1, -0.05) is 39.0 Å². The van der Waals surface area contributed by atoms with Gasteiger partial charge in [0.25, 0.3) is 0 Å². The molecule has 1 atom stereocenters. The lowest BCUT2D eigenvalue weighted by Crippen LogP contribution is -2.51. The first-order valence-electron chi connectivity index (χ1n) is 6.81. The van der Waals surface area contributed by atoms with Crippen LogP contribution in [-0.2, 0) is 0 Å². The molecule has 2 rings (SSSR count). The molecule has 0 bridgehead atoms. The monoisotopic (exact) mass is 234 g/mol. The van der Waals surface area contributed by atoms with E-state index in [2.05, 4.69) is 54.1 Å². The van der Waals surface area contributed by atoms with Crippen LogP contribution in [0.25, 0.3) is 0 Å². The number of anilines is 1. The van der Waals surface area contributed by atoms with E-state index in [0.29, 0.717) is 6.04 Å². The number of likely N-dealkylation sites (N-methyl/N-ethyl adjacent to an activating group) is 1. The van der Waals surface area contributed by atoms with Gasteiger partial charge < -0.3 is 9.80 Å². The van der Waals surface area contributed by atoms with Crippen LogP contribution in [0.3, 0.4) is 0 Å². The Morgan fingerprint density at radius 3 is 2.35 bits per heavy atom. The maximum atomic E-state index is 2.54. The molecule has 1 aliphatic heterocycles. The third-order valence-electron chi connectivity index (χ3n) is 3.24. The number of nitrogens with zero attached hydrogens (tertiary/aromatic N) is 2. The van der Waals surface area contributed by atoms with Crippen LogP contribution in [0.4, 0.5) is 5.69 Å². The fourth-order valence-corrected chi connectivity index (χ4v) is 2.32. The summed E-state index contributed by atoms with van der Waals surface area (Å²) in [6, 6.07) is 11.4. The van der Waals surface area contributed by atoms with E-state index in [1.165, 1.54) is 25.2 Å². The highest BCUT2D eigenvalue weighted by molar-refractivity contribution is 5.47. The minimum absolute atomic E-state index is 0.672. The molecular formula is C15H26N2. The number of benzene rings is 1. The lowest BCUT2D eigenvalue weighted by atomic mass is 10.1. The van der Waals surface area contributed by atoms with Crippen LogP contribution in [-0.4, -0.2) is 37.6 Å². The van der Waals surface area contributed by atoms with Crippen LogP contribution in [0.1, 0.15) is 27.2 Å². The highest BCUT2D eigenvalue weighted by Gasteiger charge is 2.23. The normalized spacial score (nSPS) is 20.7. The molecule has 0 amide bonds. The molecule has 2 heteroatoms. The topological polar surface area (TPSA) is 6.48 Å². The zero-order valence-electron chi connectivity index (χ0n) is 11.7. The highest BCUT2D eigenvalue weighted by atomic mass is 15.3. The van der Waals surface area contributed by atoms with Gasteiger partial charge in [-0.25, -0.2) is 0 Å². The molecule has 1 fully saturated rings. The Morgan fingerprint density at radius 1 is 1.12 bits per heavy atom. The largest absolute Gasteiger partial charge is 0.366 e. The molecule has 0 spiro atoms. The zero-order chi connectivity index (χ0) is 12.7. The molecule has 1 unspecified atom stereocenters. The molecule has 2 nitrogen and oxygen atoms in total. The Hall–Kier alpha value is -1.02. The fraction of sp³-hybridized carbons (Fsp3) is 0.600. The Morgan fingerprint density at radius 2 is 1.76 bits per heavy atom. The Bertz CT molecular complexity index is 297. The second-order valence-electron chi connectivity index (χ2n) is 4.35. The summed E-state index contributed by atoms with van der Waals surface area (Å²) in [5.74, 6) is 0. The summed E-state index contributed by atoms with van der Waals surface area (Å²) in [7, 11) is 2.21. The van der Waals surface area contributed by atoms with Crippen molar-refractivity contribution in [3.05, 3.63) is 30.3 Å². The average molecular weight is 234 g/mol. The molecule has 1 aromatic carbocycles. The number of piperazine rings is 1. The first-order valence-corrected chi connectivity index (χ1v) is 6.81. The summed E-state index contributed by atoms with van der Waals surface area (Å²) in [4.78, 5) is 4.97. The van der Waals surface area contributed by atoms with Gasteiger partial charge in [-0.2, -0.15) is 0 Å². The van der Waals surface area contributed by atoms with Crippen LogP contribution < -0.4 is 4.90 Å². The Kier molecular flexibility index (Phi) is 6.06. The predicted molar refractivity (Wildman–Crippen MR) is 76.7 cm³/mol. The van der Waals surface area contributed by atoms with Crippen molar-refractivity contribution in [2.24, 2.45) is 0 Å². The lowest BCUT2D eigenvalue weighted by Gasteiger charge is -2.41. The SMILES string of the molecule is CC.CCC1CN(C)CCN1c1ccccc1. The second-order valence-corrected chi connectivity index (χ2v) is 4.35. The van der Waals surface area contributed by atoms with Crippen LogP contribution in [0.2, 0.25) is 0 Å². The quantitative estimate of drug-likeness (QED) is 0.775. The number of para-hydroxylation sites is 1. The molecule has 1 aromatic rings. The number of rotatable bonds is 2. The molecule has 0 N–H and O–H groups in total. The van der Waals surface area contributed by atoms with Crippen LogP contribution in [0.5, 0.6) is 0 Å². The summed E-state index contributed by atoms with van der Waals surface area (Å²) in [6.45, 7) is 9.79. The van der Waals surface area contributed by atoms with Crippen molar-refractivity contribution < 1.29 is 0 Å². The molecule has 0 radical (unpaired) electrons. The zero-order valence-corrected chi connectivity index (χ0v) is 11.7. The standard InChI is InChI=1S/C13H20N2.C2H6/c1-3-12-11-14(2)9-10-15(12)13-7-5-4-6-8-13;1-2/h4-8,12H,3,9-11H2,1-2H3;1-2H3. The summed E-state index contributed by atoms with van der Waals surface area (Å²) < 4.78 is 0. The maximum Gasteiger partial charge on any atom is 0.0414 e. The number of hydrogen-bond acceptors (Lipinski definition) is 2. The molecule has 0 saturated carbocycles. The Labute approximate surface area is 106 Å². The van der Waals surface area contributed by atoms with E-state index in [4.69, 9.17) is 0 Å². The minimum Gasteiger partial charge on any atom is -0.366 e.